The Bertz CT molecular complexity index is 645. The molecule has 1 aromatic carbocycles. The number of nitrogens with zero attached hydrogens (tertiary/aromatic N) is 2. The molecule has 0 spiro atoms. The van der Waals surface area contributed by atoms with E-state index in [0.717, 1.165) is 44.3 Å². The molecule has 1 aliphatic carbocycles. The predicted octanol–water partition coefficient (Wildman–Crippen LogP) is 4.52. The average Bonchev–Trinajstić information content (AvgIpc) is 2.53. The van der Waals surface area contributed by atoms with Crippen molar-refractivity contribution in [2.24, 2.45) is 0 Å². The minimum absolute atomic E-state index is 0.127. The van der Waals surface area contributed by atoms with E-state index < -0.39 is 0 Å². The molecule has 0 fully saturated rings. The van der Waals surface area contributed by atoms with Crippen LogP contribution in [-0.2, 0) is 6.42 Å². The van der Waals surface area contributed by atoms with Crippen molar-refractivity contribution in [2.45, 2.75) is 45.1 Å². The third kappa shape index (κ3) is 3.15. The van der Waals surface area contributed by atoms with Gasteiger partial charge < -0.3 is 9.80 Å². The van der Waals surface area contributed by atoms with Crippen molar-refractivity contribution in [2.75, 3.05) is 25.5 Å². The van der Waals surface area contributed by atoms with Gasteiger partial charge in [-0.3, -0.25) is 0 Å². The largest absolute Gasteiger partial charge is 0.381 e. The minimum atomic E-state index is -0.127. The Balaban J connectivity index is 1.91. The fraction of sp³-hybridized carbons (Fsp3) is 0.500. The van der Waals surface area contributed by atoms with E-state index in [4.69, 9.17) is 0 Å². The Morgan fingerprint density at radius 2 is 2.09 bits per heavy atom. The first kappa shape index (κ1) is 16.1. The van der Waals surface area contributed by atoms with E-state index in [9.17, 15) is 4.39 Å². The molecule has 0 bridgehead atoms. The van der Waals surface area contributed by atoms with Gasteiger partial charge in [0.25, 0.3) is 0 Å². The fourth-order valence-corrected chi connectivity index (χ4v) is 4.04. The maximum Gasteiger partial charge on any atom is 0.125 e. The van der Waals surface area contributed by atoms with Crippen LogP contribution in [0.4, 0.5) is 10.1 Å². The lowest BCUT2D eigenvalue weighted by molar-refractivity contribution is 0.407. The molecule has 0 N–H and O–H groups in total. The number of benzene rings is 1. The van der Waals surface area contributed by atoms with Crippen molar-refractivity contribution in [1.29, 1.82) is 0 Å². The Labute approximate surface area is 139 Å². The third-order valence-corrected chi connectivity index (χ3v) is 5.20. The molecule has 124 valence electrons. The summed E-state index contributed by atoms with van der Waals surface area (Å²) in [7, 11) is 4.23. The number of allylic oxidation sites excluding steroid dienone is 2. The summed E-state index contributed by atoms with van der Waals surface area (Å²) in [5, 5.41) is 0. The first-order valence-corrected chi connectivity index (χ1v) is 8.57. The van der Waals surface area contributed by atoms with Crippen molar-refractivity contribution in [1.82, 2.24) is 4.90 Å². The van der Waals surface area contributed by atoms with Crippen LogP contribution >= 0.6 is 0 Å². The lowest BCUT2D eigenvalue weighted by Crippen LogP contribution is -2.42. The van der Waals surface area contributed by atoms with Crippen LogP contribution in [0, 0.1) is 5.82 Å². The SMILES string of the molecule is C=C(C)C1=C(N(C)C)CC(N2CCCc3ccc(F)cc32)CC1. The van der Waals surface area contributed by atoms with Gasteiger partial charge in [0.15, 0.2) is 0 Å². The first-order chi connectivity index (χ1) is 11.0. The highest BCUT2D eigenvalue weighted by atomic mass is 19.1. The topological polar surface area (TPSA) is 6.48 Å². The number of anilines is 1. The van der Waals surface area contributed by atoms with Crippen LogP contribution in [0.5, 0.6) is 0 Å². The standard InChI is InChI=1S/C20H27FN2/c1-14(2)18-10-9-17(13-20(18)22(3)4)23-11-5-6-15-7-8-16(21)12-19(15)23/h7-8,12,17H,1,5-6,9-11,13H2,2-4H3. The molecule has 0 amide bonds. The van der Waals surface area contributed by atoms with Crippen LogP contribution < -0.4 is 4.90 Å². The quantitative estimate of drug-likeness (QED) is 0.809. The normalized spacial score (nSPS) is 21.2. The number of fused-ring (bicyclic) bond motifs is 1. The van der Waals surface area contributed by atoms with E-state index in [2.05, 4.69) is 37.4 Å². The molecule has 23 heavy (non-hydrogen) atoms. The number of rotatable bonds is 3. The Morgan fingerprint density at radius 3 is 2.78 bits per heavy atom. The highest BCUT2D eigenvalue weighted by molar-refractivity contribution is 5.57. The Hall–Kier alpha value is -1.77. The zero-order chi connectivity index (χ0) is 16.6. The summed E-state index contributed by atoms with van der Waals surface area (Å²) in [6, 6.07) is 5.73. The number of hydrogen-bond donors (Lipinski definition) is 0. The zero-order valence-corrected chi connectivity index (χ0v) is 14.5. The van der Waals surface area contributed by atoms with Crippen LogP contribution in [-0.4, -0.2) is 31.6 Å². The van der Waals surface area contributed by atoms with Gasteiger partial charge in [0.1, 0.15) is 5.82 Å². The number of aryl methyl sites for hydroxylation is 1. The molecule has 0 saturated heterocycles. The van der Waals surface area contributed by atoms with Gasteiger partial charge >= 0.3 is 0 Å². The molecule has 0 saturated carbocycles. The van der Waals surface area contributed by atoms with Crippen molar-refractivity contribution in [3.8, 4) is 0 Å². The van der Waals surface area contributed by atoms with Gasteiger partial charge in [-0.1, -0.05) is 18.2 Å². The second-order valence-electron chi connectivity index (χ2n) is 7.07. The van der Waals surface area contributed by atoms with Crippen LogP contribution in [0.1, 0.15) is 38.2 Å². The molecule has 1 aliphatic heterocycles. The predicted molar refractivity (Wildman–Crippen MR) is 95.2 cm³/mol. The van der Waals surface area contributed by atoms with Gasteiger partial charge in [-0.2, -0.15) is 0 Å². The molecule has 2 nitrogen and oxygen atoms in total. The van der Waals surface area contributed by atoms with Gasteiger partial charge in [0, 0.05) is 44.5 Å². The van der Waals surface area contributed by atoms with Crippen LogP contribution in [0.3, 0.4) is 0 Å². The molecule has 1 unspecified atom stereocenters. The highest BCUT2D eigenvalue weighted by Crippen LogP contribution is 2.37. The summed E-state index contributed by atoms with van der Waals surface area (Å²) in [5.41, 5.74) is 6.37. The molecule has 1 atom stereocenters. The fourth-order valence-electron chi connectivity index (χ4n) is 4.04. The van der Waals surface area contributed by atoms with E-state index in [1.807, 2.05) is 6.07 Å². The van der Waals surface area contributed by atoms with Crippen molar-refractivity contribution >= 4 is 5.69 Å². The van der Waals surface area contributed by atoms with Crippen LogP contribution in [0.25, 0.3) is 0 Å². The van der Waals surface area contributed by atoms with E-state index in [1.165, 1.54) is 22.4 Å². The number of hydrogen-bond acceptors (Lipinski definition) is 2. The molecular formula is C20H27FN2. The molecular weight excluding hydrogens is 287 g/mol. The minimum Gasteiger partial charge on any atom is -0.381 e. The van der Waals surface area contributed by atoms with E-state index in [1.54, 1.807) is 12.1 Å². The molecule has 3 rings (SSSR count). The lowest BCUT2D eigenvalue weighted by atomic mass is 9.86. The molecule has 0 radical (unpaired) electrons. The summed E-state index contributed by atoms with van der Waals surface area (Å²) in [6.45, 7) is 7.28. The molecule has 1 heterocycles. The lowest BCUT2D eigenvalue weighted by Gasteiger charge is -2.42. The summed E-state index contributed by atoms with van der Waals surface area (Å²) in [4.78, 5) is 4.67. The van der Waals surface area contributed by atoms with Crippen molar-refractivity contribution < 1.29 is 4.39 Å². The van der Waals surface area contributed by atoms with Gasteiger partial charge in [-0.05, 0) is 55.9 Å². The van der Waals surface area contributed by atoms with Crippen molar-refractivity contribution in [3.05, 3.63) is 53.0 Å². The van der Waals surface area contributed by atoms with Crippen LogP contribution in [0.15, 0.2) is 41.6 Å². The van der Waals surface area contributed by atoms with Gasteiger partial charge in [-0.15, -0.1) is 0 Å². The molecule has 0 aromatic heterocycles. The van der Waals surface area contributed by atoms with E-state index in [-0.39, 0.29) is 5.82 Å². The summed E-state index contributed by atoms with van der Waals surface area (Å²) >= 11 is 0. The van der Waals surface area contributed by atoms with E-state index >= 15 is 0 Å². The second-order valence-corrected chi connectivity index (χ2v) is 7.07. The maximum atomic E-state index is 13.8. The smallest absolute Gasteiger partial charge is 0.125 e. The molecule has 3 heteroatoms. The maximum absolute atomic E-state index is 13.8. The Kier molecular flexibility index (Phi) is 4.47. The average molecular weight is 314 g/mol. The zero-order valence-electron chi connectivity index (χ0n) is 14.5. The highest BCUT2D eigenvalue weighted by Gasteiger charge is 2.30. The summed E-state index contributed by atoms with van der Waals surface area (Å²) in [5.74, 6) is -0.127. The monoisotopic (exact) mass is 314 g/mol. The van der Waals surface area contributed by atoms with Gasteiger partial charge in [0.05, 0.1) is 0 Å². The van der Waals surface area contributed by atoms with Crippen molar-refractivity contribution in [3.63, 3.8) is 0 Å². The Morgan fingerprint density at radius 1 is 1.30 bits per heavy atom. The molecule has 2 aliphatic rings. The van der Waals surface area contributed by atoms with Crippen LogP contribution in [0.2, 0.25) is 0 Å². The number of halogens is 1. The van der Waals surface area contributed by atoms with Gasteiger partial charge in [0.2, 0.25) is 0 Å². The first-order valence-electron chi connectivity index (χ1n) is 8.57. The third-order valence-electron chi connectivity index (χ3n) is 5.20. The van der Waals surface area contributed by atoms with E-state index in [0.29, 0.717) is 6.04 Å². The summed E-state index contributed by atoms with van der Waals surface area (Å²) < 4.78 is 13.8. The molecule has 1 aromatic rings. The van der Waals surface area contributed by atoms with Gasteiger partial charge in [-0.25, -0.2) is 4.39 Å². The summed E-state index contributed by atoms with van der Waals surface area (Å²) in [6.07, 6.45) is 5.42. The second kappa shape index (κ2) is 6.38.